The molecule has 10 unspecified atom stereocenters. The van der Waals surface area contributed by atoms with E-state index in [2.05, 4.69) is 30.7 Å². The summed E-state index contributed by atoms with van der Waals surface area (Å²) in [4.78, 5) is 38.8. The number of hydrogen-bond acceptors (Lipinski definition) is 10. The van der Waals surface area contributed by atoms with E-state index in [9.17, 15) is 19.5 Å². The van der Waals surface area contributed by atoms with Crippen LogP contribution < -0.4 is 16.4 Å². The molecule has 2 amide bonds. The van der Waals surface area contributed by atoms with Crippen LogP contribution in [0.2, 0.25) is 0 Å². The molecule has 1 aromatic rings. The van der Waals surface area contributed by atoms with Gasteiger partial charge in [0.25, 0.3) is 0 Å². The molecule has 0 saturated carbocycles. The first kappa shape index (κ1) is 39.1. The van der Waals surface area contributed by atoms with Gasteiger partial charge in [-0.1, -0.05) is 68.3 Å². The lowest BCUT2D eigenvalue weighted by molar-refractivity contribution is -0.229. The number of ether oxygens (including phenoxy) is 3. The highest BCUT2D eigenvalue weighted by atomic mass is 16.7. The second-order valence-corrected chi connectivity index (χ2v) is 11.1. The van der Waals surface area contributed by atoms with Crippen LogP contribution in [0.15, 0.2) is 40.6 Å². The van der Waals surface area contributed by atoms with Gasteiger partial charge in [0.2, 0.25) is 18.1 Å². The van der Waals surface area contributed by atoms with Crippen LogP contribution in [0.4, 0.5) is 0 Å². The van der Waals surface area contributed by atoms with Crippen LogP contribution >= 0.6 is 0 Å². The van der Waals surface area contributed by atoms with E-state index in [0.717, 1.165) is 0 Å². The second-order valence-electron chi connectivity index (χ2n) is 11.1. The highest BCUT2D eigenvalue weighted by Gasteiger charge is 2.43. The number of aliphatic hydroxyl groups is 1. The lowest BCUT2D eigenvalue weighted by Crippen LogP contribution is -2.58. The fourth-order valence-corrected chi connectivity index (χ4v) is 5.01. The van der Waals surface area contributed by atoms with E-state index in [-0.39, 0.29) is 60.8 Å². The fraction of sp³-hybridized carbons (Fsp3) is 0.690. The van der Waals surface area contributed by atoms with E-state index >= 15 is 0 Å². The SMILES string of the molecule is CC(=O)NC1C(O)OC(CN=[N+]=[N-])C(C)C1C.CC(=O)NC1C(OC(C)=O)OC(CN=[N+]=[N-])C(C)C1C.NCc1ccccc1. The molecule has 3 rings (SSSR count). The molecule has 0 aliphatic carbocycles. The molecule has 0 aromatic heterocycles. The van der Waals surface area contributed by atoms with Crippen LogP contribution in [0.25, 0.3) is 20.9 Å². The van der Waals surface area contributed by atoms with Gasteiger partial charge in [-0.15, -0.1) is 0 Å². The Balaban J connectivity index is 0.000000365. The lowest BCUT2D eigenvalue weighted by Gasteiger charge is -2.43. The number of azide groups is 2. The quantitative estimate of drug-likeness (QED) is 0.143. The van der Waals surface area contributed by atoms with E-state index in [1.165, 1.54) is 26.3 Å². The number of nitrogens with two attached hydrogens (primary N) is 1. The molecule has 0 bridgehead atoms. The van der Waals surface area contributed by atoms with Gasteiger partial charge in [0, 0.05) is 37.1 Å². The largest absolute Gasteiger partial charge is 0.434 e. The normalized spacial score (nSPS) is 30.2. The molecule has 16 nitrogen and oxygen atoms in total. The van der Waals surface area contributed by atoms with E-state index in [0.29, 0.717) is 6.54 Å². The third-order valence-corrected chi connectivity index (χ3v) is 7.94. The molecule has 16 heteroatoms. The molecule has 0 spiro atoms. The maximum atomic E-state index is 11.3. The number of nitrogens with one attached hydrogen (secondary N) is 2. The molecule has 45 heavy (non-hydrogen) atoms. The molecule has 2 heterocycles. The third kappa shape index (κ3) is 13.3. The van der Waals surface area contributed by atoms with E-state index in [1.54, 1.807) is 0 Å². The summed E-state index contributed by atoms with van der Waals surface area (Å²) in [5, 5.41) is 22.2. The number of rotatable bonds is 8. The Hall–Kier alpha value is -3.91. The predicted octanol–water partition coefficient (Wildman–Crippen LogP) is 3.30. The van der Waals surface area contributed by atoms with Crippen LogP contribution in [0.3, 0.4) is 0 Å². The minimum Gasteiger partial charge on any atom is -0.434 e. The summed E-state index contributed by atoms with van der Waals surface area (Å²) in [7, 11) is 0. The van der Waals surface area contributed by atoms with Crippen LogP contribution in [-0.2, 0) is 35.1 Å². The number of amides is 2. The van der Waals surface area contributed by atoms with Crippen molar-refractivity contribution >= 4 is 17.8 Å². The van der Waals surface area contributed by atoms with Crippen molar-refractivity contribution < 1.29 is 33.7 Å². The van der Waals surface area contributed by atoms with Gasteiger partial charge >= 0.3 is 5.97 Å². The zero-order chi connectivity index (χ0) is 34.1. The second kappa shape index (κ2) is 20.2. The Morgan fingerprint density at radius 2 is 1.31 bits per heavy atom. The first-order valence-corrected chi connectivity index (χ1v) is 14.7. The summed E-state index contributed by atoms with van der Waals surface area (Å²) in [6, 6.07) is 9.14. The van der Waals surface area contributed by atoms with Gasteiger partial charge in [-0.05, 0) is 40.3 Å². The number of carbonyl (C=O) groups excluding carboxylic acids is 3. The van der Waals surface area contributed by atoms with Crippen molar-refractivity contribution in [1.82, 2.24) is 10.6 Å². The van der Waals surface area contributed by atoms with E-state index < -0.39 is 30.6 Å². The minimum absolute atomic E-state index is 0.0101. The van der Waals surface area contributed by atoms with Crippen LogP contribution in [0.5, 0.6) is 0 Å². The standard InChI is InChI=1S/C12H20N4O4.C10H18N4O3.C7H9N/c1-6-7(2)11(15-8(3)17)12(19-9(4)18)20-10(6)5-14-16-13;1-5-6(2)9(13-7(3)15)10(16)17-8(5)4-12-14-11;8-6-7-4-2-1-3-5-7/h6-7,10-12H,5H2,1-4H3,(H,15,17);5-6,8-10,16H,4H2,1-3H3,(H,13,15);1-5H,6,8H2. The summed E-state index contributed by atoms with van der Waals surface area (Å²) < 4.78 is 16.2. The van der Waals surface area contributed by atoms with E-state index in [4.69, 9.17) is 31.0 Å². The lowest BCUT2D eigenvalue weighted by atomic mass is 9.82. The minimum atomic E-state index is -1.07. The molecule has 0 radical (unpaired) electrons. The first-order valence-electron chi connectivity index (χ1n) is 14.7. The highest BCUT2D eigenvalue weighted by molar-refractivity contribution is 5.73. The topological polar surface area (TPSA) is 247 Å². The van der Waals surface area contributed by atoms with Crippen molar-refractivity contribution in [3.63, 3.8) is 0 Å². The van der Waals surface area contributed by atoms with Crippen LogP contribution in [0, 0.1) is 23.7 Å². The molecule has 2 aliphatic rings. The van der Waals surface area contributed by atoms with Crippen molar-refractivity contribution in [2.24, 2.45) is 39.6 Å². The Kier molecular flexibility index (Phi) is 17.5. The van der Waals surface area contributed by atoms with Crippen molar-refractivity contribution in [2.45, 2.75) is 91.9 Å². The van der Waals surface area contributed by atoms with Crippen LogP contribution in [0.1, 0.15) is 54.0 Å². The maximum absolute atomic E-state index is 11.3. The number of carbonyl (C=O) groups is 3. The average molecular weight is 634 g/mol. The third-order valence-electron chi connectivity index (χ3n) is 7.94. The van der Waals surface area contributed by atoms with Crippen molar-refractivity contribution in [3.8, 4) is 0 Å². The van der Waals surface area contributed by atoms with Gasteiger partial charge in [0.15, 0.2) is 6.29 Å². The summed E-state index contributed by atoms with van der Waals surface area (Å²) in [5.74, 6) is -0.731. The number of aliphatic hydroxyl groups excluding tert-OH is 1. The van der Waals surface area contributed by atoms with Gasteiger partial charge in [0.1, 0.15) is 0 Å². The van der Waals surface area contributed by atoms with Gasteiger partial charge in [-0.2, -0.15) is 0 Å². The summed E-state index contributed by atoms with van der Waals surface area (Å²) in [5.41, 5.74) is 23.2. The predicted molar refractivity (Wildman–Crippen MR) is 166 cm³/mol. The number of hydrogen-bond donors (Lipinski definition) is 4. The highest BCUT2D eigenvalue weighted by Crippen LogP contribution is 2.32. The Morgan fingerprint density at radius 1 is 0.844 bits per heavy atom. The Bertz CT molecular complexity index is 1180. The maximum Gasteiger partial charge on any atom is 0.305 e. The molecule has 5 N–H and O–H groups in total. The number of nitrogens with zero attached hydrogens (tertiary/aromatic N) is 6. The molecule has 1 aromatic carbocycles. The molecule has 10 atom stereocenters. The Morgan fingerprint density at radius 3 is 1.73 bits per heavy atom. The van der Waals surface area contributed by atoms with Gasteiger partial charge in [-0.3, -0.25) is 14.4 Å². The molecule has 250 valence electrons. The molecule has 2 fully saturated rings. The summed E-state index contributed by atoms with van der Waals surface area (Å²) in [6.45, 7) is 12.8. The van der Waals surface area contributed by atoms with Crippen LogP contribution in [-0.4, -0.2) is 72.9 Å². The monoisotopic (exact) mass is 633 g/mol. The molecular formula is C29H47N9O7. The molecule has 2 aliphatic heterocycles. The molecular weight excluding hydrogens is 586 g/mol. The molecule has 2 saturated heterocycles. The van der Waals surface area contributed by atoms with Gasteiger partial charge < -0.3 is 35.7 Å². The fourth-order valence-electron chi connectivity index (χ4n) is 5.01. The van der Waals surface area contributed by atoms with E-state index in [1.807, 2.05) is 58.0 Å². The Labute approximate surface area is 263 Å². The summed E-state index contributed by atoms with van der Waals surface area (Å²) >= 11 is 0. The summed E-state index contributed by atoms with van der Waals surface area (Å²) in [6.07, 6.45) is -2.61. The van der Waals surface area contributed by atoms with Crippen molar-refractivity contribution in [1.29, 1.82) is 0 Å². The van der Waals surface area contributed by atoms with Gasteiger partial charge in [0.05, 0.1) is 37.4 Å². The average Bonchev–Trinajstić information content (AvgIpc) is 3.00. The zero-order valence-corrected chi connectivity index (χ0v) is 26.9. The van der Waals surface area contributed by atoms with Gasteiger partial charge in [-0.25, -0.2) is 0 Å². The van der Waals surface area contributed by atoms with Crippen molar-refractivity contribution in [3.05, 3.63) is 56.8 Å². The number of esters is 1. The first-order chi connectivity index (χ1) is 21.3. The zero-order valence-electron chi connectivity index (χ0n) is 26.9. The number of benzene rings is 1. The smallest absolute Gasteiger partial charge is 0.305 e. The van der Waals surface area contributed by atoms with Crippen molar-refractivity contribution in [2.75, 3.05) is 13.1 Å².